The first-order chi connectivity index (χ1) is 26.2. The summed E-state index contributed by atoms with van der Waals surface area (Å²) in [6.07, 6.45) is -0.186. The topological polar surface area (TPSA) is 24.5 Å². The van der Waals surface area contributed by atoms with E-state index in [1.807, 2.05) is 17.4 Å². The average molecular weight is 699 g/mol. The van der Waals surface area contributed by atoms with Gasteiger partial charge in [-0.05, 0) is 94.0 Å². The summed E-state index contributed by atoms with van der Waals surface area (Å²) >= 11 is 1.83. The minimum atomic E-state index is -0.186. The Morgan fingerprint density at radius 2 is 1.02 bits per heavy atom. The lowest BCUT2D eigenvalue weighted by Crippen LogP contribution is -2.10. The van der Waals surface area contributed by atoms with Crippen molar-refractivity contribution in [3.05, 3.63) is 200 Å². The maximum atomic E-state index is 6.44. The van der Waals surface area contributed by atoms with Crippen LogP contribution in [0.5, 0.6) is 5.75 Å². The zero-order valence-corrected chi connectivity index (χ0v) is 29.6. The Balaban J connectivity index is 1.07. The molecule has 0 radical (unpaired) electrons. The predicted molar refractivity (Wildman–Crippen MR) is 224 cm³/mol. The second-order valence-corrected chi connectivity index (χ2v) is 14.5. The van der Waals surface area contributed by atoms with Gasteiger partial charge in [-0.2, -0.15) is 0 Å². The number of nitrogens with zero attached hydrogens (tertiary/aromatic N) is 1. The van der Waals surface area contributed by atoms with Crippen LogP contribution in [0, 0.1) is 0 Å². The van der Waals surface area contributed by atoms with Gasteiger partial charge in [0.2, 0.25) is 0 Å². The van der Waals surface area contributed by atoms with E-state index in [0.29, 0.717) is 0 Å². The molecule has 0 saturated heterocycles. The Kier molecular flexibility index (Phi) is 7.74. The van der Waals surface area contributed by atoms with Gasteiger partial charge in [0, 0.05) is 42.8 Å². The molecule has 2 heterocycles. The predicted octanol–water partition coefficient (Wildman–Crippen LogP) is 14.0. The summed E-state index contributed by atoms with van der Waals surface area (Å²) in [7, 11) is 0. The van der Waals surface area contributed by atoms with E-state index in [-0.39, 0.29) is 6.23 Å². The molecule has 1 aromatic heterocycles. The van der Waals surface area contributed by atoms with Crippen LogP contribution in [0.2, 0.25) is 0 Å². The molecule has 10 rings (SSSR count). The molecule has 1 atom stereocenters. The zero-order chi connectivity index (χ0) is 35.1. The second kappa shape index (κ2) is 13.2. The van der Waals surface area contributed by atoms with Gasteiger partial charge in [0.1, 0.15) is 5.75 Å². The number of anilines is 4. The van der Waals surface area contributed by atoms with E-state index in [1.54, 1.807) is 0 Å². The number of benzene rings is 8. The molecule has 252 valence electrons. The fraction of sp³-hybridized carbons (Fsp3) is 0.0204. The highest BCUT2D eigenvalue weighted by molar-refractivity contribution is 7.25. The lowest BCUT2D eigenvalue weighted by Gasteiger charge is -2.27. The second-order valence-electron chi connectivity index (χ2n) is 13.4. The molecule has 3 nitrogen and oxygen atoms in total. The highest BCUT2D eigenvalue weighted by Crippen LogP contribution is 2.47. The van der Waals surface area contributed by atoms with Gasteiger partial charge in [0.05, 0.1) is 5.69 Å². The van der Waals surface area contributed by atoms with Crippen molar-refractivity contribution in [3.63, 3.8) is 0 Å². The smallest absolute Gasteiger partial charge is 0.196 e. The third-order valence-corrected chi connectivity index (χ3v) is 11.2. The van der Waals surface area contributed by atoms with Crippen LogP contribution in [0.25, 0.3) is 53.6 Å². The quantitative estimate of drug-likeness (QED) is 0.179. The molecule has 1 aliphatic rings. The standard InChI is InChI=1S/C49H34N2OS/c1-5-13-33(14-6-1)34-21-24-39(25-22-34)51(38-19-11-4-12-20-38)40-26-27-41(42(30-40)35-15-7-2-8-16-35)37-23-28-47-43(29-37)44-31-46-45(32-48(44)53-47)50-49(52-46)36-17-9-3-10-18-36/h1-32,49-50H. The maximum absolute atomic E-state index is 6.44. The first kappa shape index (κ1) is 31.1. The molecule has 0 fully saturated rings. The van der Waals surface area contributed by atoms with E-state index in [1.165, 1.54) is 53.6 Å². The Labute approximate surface area is 313 Å². The molecule has 0 spiro atoms. The van der Waals surface area contributed by atoms with Crippen LogP contribution in [0.3, 0.4) is 0 Å². The molecule has 0 bridgehead atoms. The van der Waals surface area contributed by atoms with Crippen molar-refractivity contribution < 1.29 is 4.74 Å². The molecule has 1 aliphatic heterocycles. The van der Waals surface area contributed by atoms with E-state index in [0.717, 1.165) is 34.1 Å². The maximum Gasteiger partial charge on any atom is 0.196 e. The summed E-state index contributed by atoms with van der Waals surface area (Å²) < 4.78 is 8.95. The van der Waals surface area contributed by atoms with Crippen LogP contribution in [-0.4, -0.2) is 0 Å². The number of rotatable bonds is 7. The molecule has 53 heavy (non-hydrogen) atoms. The van der Waals surface area contributed by atoms with Crippen LogP contribution < -0.4 is 15.0 Å². The fourth-order valence-corrected chi connectivity index (χ4v) is 8.60. The van der Waals surface area contributed by atoms with Crippen molar-refractivity contribution in [2.24, 2.45) is 0 Å². The van der Waals surface area contributed by atoms with Crippen molar-refractivity contribution in [2.45, 2.75) is 6.23 Å². The van der Waals surface area contributed by atoms with Crippen LogP contribution in [0.15, 0.2) is 194 Å². The number of para-hydroxylation sites is 1. The van der Waals surface area contributed by atoms with Crippen LogP contribution in [0.4, 0.5) is 22.7 Å². The highest BCUT2D eigenvalue weighted by atomic mass is 32.1. The van der Waals surface area contributed by atoms with Gasteiger partial charge >= 0.3 is 0 Å². The van der Waals surface area contributed by atoms with Crippen molar-refractivity contribution in [3.8, 4) is 39.1 Å². The molecular formula is C49H34N2OS. The van der Waals surface area contributed by atoms with Crippen molar-refractivity contribution in [1.82, 2.24) is 0 Å². The van der Waals surface area contributed by atoms with Crippen LogP contribution in [0.1, 0.15) is 11.8 Å². The van der Waals surface area contributed by atoms with Crippen molar-refractivity contribution >= 4 is 54.3 Å². The Morgan fingerprint density at radius 1 is 0.434 bits per heavy atom. The Hall–Kier alpha value is -6.62. The van der Waals surface area contributed by atoms with Gasteiger partial charge < -0.3 is 15.0 Å². The lowest BCUT2D eigenvalue weighted by atomic mass is 9.92. The molecule has 0 aliphatic carbocycles. The van der Waals surface area contributed by atoms with E-state index in [4.69, 9.17) is 4.74 Å². The molecule has 0 saturated carbocycles. The molecule has 1 unspecified atom stereocenters. The Bertz CT molecular complexity index is 2710. The van der Waals surface area contributed by atoms with Gasteiger partial charge in [0.25, 0.3) is 0 Å². The Morgan fingerprint density at radius 3 is 1.75 bits per heavy atom. The van der Waals surface area contributed by atoms with E-state index in [9.17, 15) is 0 Å². The largest absolute Gasteiger partial charge is 0.464 e. The first-order valence-corrected chi connectivity index (χ1v) is 18.8. The summed E-state index contributed by atoms with van der Waals surface area (Å²) in [5, 5.41) is 6.03. The summed E-state index contributed by atoms with van der Waals surface area (Å²) in [6.45, 7) is 0. The summed E-state index contributed by atoms with van der Waals surface area (Å²) in [4.78, 5) is 2.35. The van der Waals surface area contributed by atoms with E-state index in [2.05, 4.69) is 198 Å². The summed E-state index contributed by atoms with van der Waals surface area (Å²) in [5.41, 5.74) is 12.6. The van der Waals surface area contributed by atoms with Gasteiger partial charge in [-0.1, -0.05) is 133 Å². The van der Waals surface area contributed by atoms with Gasteiger partial charge in [0.15, 0.2) is 6.23 Å². The van der Waals surface area contributed by atoms with Crippen LogP contribution in [-0.2, 0) is 0 Å². The normalized spacial score (nSPS) is 13.4. The van der Waals surface area contributed by atoms with E-state index >= 15 is 0 Å². The van der Waals surface area contributed by atoms with Crippen LogP contribution >= 0.6 is 11.3 Å². The van der Waals surface area contributed by atoms with Gasteiger partial charge in [-0.15, -0.1) is 11.3 Å². The number of ether oxygens (including phenoxy) is 1. The third kappa shape index (κ3) is 5.80. The lowest BCUT2D eigenvalue weighted by molar-refractivity contribution is 0.260. The number of hydrogen-bond donors (Lipinski definition) is 1. The molecule has 9 aromatic rings. The molecule has 0 amide bonds. The number of hydrogen-bond acceptors (Lipinski definition) is 4. The molecule has 1 N–H and O–H groups in total. The third-order valence-electron chi connectivity index (χ3n) is 10.1. The highest BCUT2D eigenvalue weighted by Gasteiger charge is 2.25. The van der Waals surface area contributed by atoms with Gasteiger partial charge in [-0.25, -0.2) is 0 Å². The first-order valence-electron chi connectivity index (χ1n) is 17.9. The minimum absolute atomic E-state index is 0.186. The van der Waals surface area contributed by atoms with Crippen molar-refractivity contribution in [2.75, 3.05) is 10.2 Å². The number of fused-ring (bicyclic) bond motifs is 4. The van der Waals surface area contributed by atoms with E-state index < -0.39 is 0 Å². The molecule has 4 heteroatoms. The molecule has 8 aromatic carbocycles. The fourth-order valence-electron chi connectivity index (χ4n) is 7.49. The minimum Gasteiger partial charge on any atom is -0.464 e. The van der Waals surface area contributed by atoms with Crippen molar-refractivity contribution in [1.29, 1.82) is 0 Å². The van der Waals surface area contributed by atoms with Gasteiger partial charge in [-0.3, -0.25) is 0 Å². The number of nitrogens with one attached hydrogen (secondary N) is 1. The SMILES string of the molecule is c1ccc(-c2ccc(N(c3ccccc3)c3ccc(-c4ccc5sc6cc7c(cc6c5c4)OC(c4ccccc4)N7)c(-c4ccccc4)c3)cc2)cc1. The monoisotopic (exact) mass is 698 g/mol. The molecular weight excluding hydrogens is 665 g/mol. The summed E-state index contributed by atoms with van der Waals surface area (Å²) in [6, 6.07) is 69.4. The number of thiophene rings is 1. The average Bonchev–Trinajstić information content (AvgIpc) is 3.82. The summed E-state index contributed by atoms with van der Waals surface area (Å²) in [5.74, 6) is 0.892. The zero-order valence-electron chi connectivity index (χ0n) is 28.8.